The molecule has 0 saturated carbocycles. The monoisotopic (exact) mass is 321 g/mol. The minimum Gasteiger partial charge on any atom is -0.482 e. The Kier molecular flexibility index (Phi) is 4.52. The lowest BCUT2D eigenvalue weighted by Gasteiger charge is -2.42. The summed E-state index contributed by atoms with van der Waals surface area (Å²) in [7, 11) is 1.74. The van der Waals surface area contributed by atoms with Crippen molar-refractivity contribution in [1.82, 2.24) is 0 Å². The Bertz CT molecular complexity index is 731. The molecule has 0 bridgehead atoms. The lowest BCUT2D eigenvalue weighted by molar-refractivity contribution is 0.269. The van der Waals surface area contributed by atoms with Crippen molar-refractivity contribution in [3.8, 4) is 0 Å². The molecule has 3 nitrogen and oxygen atoms in total. The number of ether oxygens (including phenoxy) is 1. The fraction of sp³-hybridized carbons (Fsp3) is 0.286. The fourth-order valence-electron chi connectivity index (χ4n) is 3.01. The standard InChI is InChI=1S/C21H25N2O/c1-15-6-10-19(11-7-15)22-14-23(20-12-8-16(2)9-13-20)21(24-5)17(3)18(22)4/h6-14,18H,1-5H3. The summed E-state index contributed by atoms with van der Waals surface area (Å²) >= 11 is 0. The highest BCUT2D eigenvalue weighted by Gasteiger charge is 2.31. The molecule has 24 heavy (non-hydrogen) atoms. The first kappa shape index (κ1) is 16.4. The Morgan fingerprint density at radius 2 is 1.29 bits per heavy atom. The lowest BCUT2D eigenvalue weighted by Crippen LogP contribution is -2.45. The number of aryl methyl sites for hydroxylation is 2. The zero-order chi connectivity index (χ0) is 17.3. The fourth-order valence-corrected chi connectivity index (χ4v) is 3.01. The highest BCUT2D eigenvalue weighted by atomic mass is 16.5. The van der Waals surface area contributed by atoms with Crippen molar-refractivity contribution in [2.75, 3.05) is 16.9 Å². The molecule has 2 aromatic carbocycles. The van der Waals surface area contributed by atoms with Gasteiger partial charge in [0.15, 0.2) is 5.88 Å². The number of methoxy groups -OCH3 is 1. The second-order valence-corrected chi connectivity index (χ2v) is 6.43. The van der Waals surface area contributed by atoms with Crippen LogP contribution in [-0.4, -0.2) is 13.2 Å². The smallest absolute Gasteiger partial charge is 0.196 e. The van der Waals surface area contributed by atoms with Crippen LogP contribution >= 0.6 is 0 Å². The van der Waals surface area contributed by atoms with E-state index in [-0.39, 0.29) is 6.04 Å². The Morgan fingerprint density at radius 3 is 1.79 bits per heavy atom. The van der Waals surface area contributed by atoms with Crippen LogP contribution in [-0.2, 0) is 4.74 Å². The first-order valence-corrected chi connectivity index (χ1v) is 8.32. The third-order valence-corrected chi connectivity index (χ3v) is 4.68. The summed E-state index contributed by atoms with van der Waals surface area (Å²) in [6.07, 6.45) is 0. The normalized spacial score (nSPS) is 18.1. The van der Waals surface area contributed by atoms with Crippen LogP contribution < -0.4 is 9.80 Å². The SMILES string of the molecule is COC1=C(C)C(C)N(c2ccc(C)cc2)[CH]N1c1ccc(C)cc1. The van der Waals surface area contributed by atoms with E-state index in [0.717, 1.165) is 11.6 Å². The molecule has 0 aliphatic carbocycles. The van der Waals surface area contributed by atoms with Crippen molar-refractivity contribution in [3.63, 3.8) is 0 Å². The molecule has 125 valence electrons. The molecule has 0 spiro atoms. The summed E-state index contributed by atoms with van der Waals surface area (Å²) in [5.41, 5.74) is 6.00. The molecule has 1 atom stereocenters. The van der Waals surface area contributed by atoms with Gasteiger partial charge in [-0.3, -0.25) is 4.90 Å². The molecule has 3 heteroatoms. The van der Waals surface area contributed by atoms with E-state index in [4.69, 9.17) is 4.74 Å². The third kappa shape index (κ3) is 2.99. The van der Waals surface area contributed by atoms with Gasteiger partial charge in [-0.25, -0.2) is 0 Å². The Labute approximate surface area is 145 Å². The highest BCUT2D eigenvalue weighted by Crippen LogP contribution is 2.35. The van der Waals surface area contributed by atoms with E-state index in [1.807, 2.05) is 0 Å². The van der Waals surface area contributed by atoms with Crippen LogP contribution in [0.1, 0.15) is 25.0 Å². The molecule has 1 heterocycles. The largest absolute Gasteiger partial charge is 0.482 e. The summed E-state index contributed by atoms with van der Waals surface area (Å²) < 4.78 is 5.72. The maximum atomic E-state index is 5.72. The van der Waals surface area contributed by atoms with Crippen molar-refractivity contribution >= 4 is 11.4 Å². The molecule has 2 aromatic rings. The van der Waals surface area contributed by atoms with Gasteiger partial charge in [-0.15, -0.1) is 0 Å². The molecule has 0 saturated heterocycles. The first-order valence-electron chi connectivity index (χ1n) is 8.32. The van der Waals surface area contributed by atoms with Gasteiger partial charge >= 0.3 is 0 Å². The Hall–Kier alpha value is -2.42. The molecule has 3 rings (SSSR count). The summed E-state index contributed by atoms with van der Waals surface area (Å²) in [6, 6.07) is 17.4. The van der Waals surface area contributed by atoms with Gasteiger partial charge in [-0.1, -0.05) is 35.4 Å². The molecule has 1 aliphatic heterocycles. The van der Waals surface area contributed by atoms with Crippen molar-refractivity contribution < 1.29 is 4.74 Å². The first-order chi connectivity index (χ1) is 11.5. The number of hydrogen-bond donors (Lipinski definition) is 0. The topological polar surface area (TPSA) is 15.7 Å². The van der Waals surface area contributed by atoms with E-state index >= 15 is 0 Å². The average molecular weight is 321 g/mol. The van der Waals surface area contributed by atoms with E-state index in [1.165, 1.54) is 22.4 Å². The number of rotatable bonds is 3. The zero-order valence-electron chi connectivity index (χ0n) is 15.1. The Balaban J connectivity index is 2.01. The van der Waals surface area contributed by atoms with Crippen molar-refractivity contribution in [2.45, 2.75) is 33.7 Å². The summed E-state index contributed by atoms with van der Waals surface area (Å²) in [4.78, 5) is 4.41. The van der Waals surface area contributed by atoms with Crippen LogP contribution in [0.15, 0.2) is 60.0 Å². The van der Waals surface area contributed by atoms with Crippen LogP contribution in [0.4, 0.5) is 11.4 Å². The van der Waals surface area contributed by atoms with E-state index in [0.29, 0.717) is 0 Å². The predicted molar refractivity (Wildman–Crippen MR) is 101 cm³/mol. The zero-order valence-corrected chi connectivity index (χ0v) is 15.1. The van der Waals surface area contributed by atoms with Gasteiger partial charge in [0.1, 0.15) is 6.67 Å². The molecule has 0 amide bonds. The van der Waals surface area contributed by atoms with Crippen LogP contribution in [0.5, 0.6) is 0 Å². The maximum absolute atomic E-state index is 5.72. The number of anilines is 2. The van der Waals surface area contributed by atoms with E-state index in [1.54, 1.807) is 7.11 Å². The van der Waals surface area contributed by atoms with E-state index in [2.05, 4.69) is 92.7 Å². The highest BCUT2D eigenvalue weighted by molar-refractivity contribution is 5.63. The third-order valence-electron chi connectivity index (χ3n) is 4.68. The molecule has 1 radical (unpaired) electrons. The number of benzene rings is 2. The molecule has 0 fully saturated rings. The minimum atomic E-state index is 0.240. The minimum absolute atomic E-state index is 0.240. The van der Waals surface area contributed by atoms with Crippen LogP contribution in [0.25, 0.3) is 0 Å². The average Bonchev–Trinajstić information content (AvgIpc) is 2.59. The van der Waals surface area contributed by atoms with Gasteiger partial charge in [-0.2, -0.15) is 0 Å². The number of hydrogen-bond acceptors (Lipinski definition) is 3. The van der Waals surface area contributed by atoms with Crippen LogP contribution in [0, 0.1) is 20.5 Å². The number of nitrogens with zero attached hydrogens (tertiary/aromatic N) is 2. The quantitative estimate of drug-likeness (QED) is 0.790. The maximum Gasteiger partial charge on any atom is 0.196 e. The van der Waals surface area contributed by atoms with Gasteiger partial charge in [0.25, 0.3) is 0 Å². The van der Waals surface area contributed by atoms with E-state index < -0.39 is 0 Å². The molecule has 0 aromatic heterocycles. The van der Waals surface area contributed by atoms with Gasteiger partial charge in [0, 0.05) is 16.9 Å². The van der Waals surface area contributed by atoms with Crippen molar-refractivity contribution in [1.29, 1.82) is 0 Å². The van der Waals surface area contributed by atoms with Gasteiger partial charge < -0.3 is 9.64 Å². The summed E-state index contributed by atoms with van der Waals surface area (Å²) in [5.74, 6) is 0.898. The van der Waals surface area contributed by atoms with E-state index in [9.17, 15) is 0 Å². The second kappa shape index (κ2) is 6.60. The second-order valence-electron chi connectivity index (χ2n) is 6.43. The lowest BCUT2D eigenvalue weighted by atomic mass is 10.0. The van der Waals surface area contributed by atoms with Gasteiger partial charge in [0.2, 0.25) is 0 Å². The van der Waals surface area contributed by atoms with Gasteiger partial charge in [0.05, 0.1) is 13.2 Å². The molecule has 1 unspecified atom stereocenters. The van der Waals surface area contributed by atoms with Crippen molar-refractivity contribution in [3.05, 3.63) is 77.8 Å². The van der Waals surface area contributed by atoms with Crippen molar-refractivity contribution in [2.24, 2.45) is 0 Å². The summed E-state index contributed by atoms with van der Waals surface area (Å²) in [5, 5.41) is 0. The molecule has 0 N–H and O–H groups in total. The van der Waals surface area contributed by atoms with Crippen LogP contribution in [0.3, 0.4) is 0 Å². The summed E-state index contributed by atoms with van der Waals surface area (Å²) in [6.45, 7) is 10.7. The predicted octanol–water partition coefficient (Wildman–Crippen LogP) is 5.02. The molecule has 1 aliphatic rings. The Morgan fingerprint density at radius 1 is 0.792 bits per heavy atom. The molecular formula is C21H25N2O. The van der Waals surface area contributed by atoms with Gasteiger partial charge in [-0.05, 0) is 52.0 Å². The molecular weight excluding hydrogens is 296 g/mol. The van der Waals surface area contributed by atoms with Crippen LogP contribution in [0.2, 0.25) is 0 Å².